The lowest BCUT2D eigenvalue weighted by Gasteiger charge is -2.29. The number of nitrogens with one attached hydrogen (secondary N) is 1. The van der Waals surface area contributed by atoms with Crippen molar-refractivity contribution in [2.75, 3.05) is 12.3 Å². The first kappa shape index (κ1) is 24.0. The molecule has 1 atom stereocenters. The lowest BCUT2D eigenvalue weighted by atomic mass is 10.1. The molecule has 0 radical (unpaired) electrons. The van der Waals surface area contributed by atoms with Crippen molar-refractivity contribution in [3.05, 3.63) is 65.2 Å². The summed E-state index contributed by atoms with van der Waals surface area (Å²) in [6.45, 7) is 9.11. The molecule has 2 aromatic carbocycles. The fourth-order valence-electron chi connectivity index (χ4n) is 3.12. The molecule has 0 aliphatic rings. The van der Waals surface area contributed by atoms with E-state index in [1.54, 1.807) is 16.7 Å². The van der Waals surface area contributed by atoms with E-state index < -0.39 is 6.04 Å². The molecule has 4 nitrogen and oxygen atoms in total. The number of carbonyl (C=O) groups excluding carboxylic acids is 2. The van der Waals surface area contributed by atoms with Gasteiger partial charge in [0.25, 0.3) is 0 Å². The number of nitrogens with zero attached hydrogens (tertiary/aromatic N) is 1. The van der Waals surface area contributed by atoms with Gasteiger partial charge in [0.05, 0.1) is 0 Å². The van der Waals surface area contributed by atoms with Crippen LogP contribution in [0.2, 0.25) is 0 Å². The summed E-state index contributed by atoms with van der Waals surface area (Å²) >= 11 is 1.67. The van der Waals surface area contributed by atoms with Gasteiger partial charge in [-0.3, -0.25) is 9.59 Å². The molecular weight excluding hydrogens is 392 g/mol. The summed E-state index contributed by atoms with van der Waals surface area (Å²) < 4.78 is 0. The Kier molecular flexibility index (Phi) is 9.95. The minimum atomic E-state index is -0.502. The van der Waals surface area contributed by atoms with Gasteiger partial charge < -0.3 is 10.2 Å². The van der Waals surface area contributed by atoms with E-state index in [2.05, 4.69) is 43.4 Å². The summed E-state index contributed by atoms with van der Waals surface area (Å²) in [5.74, 6) is 0.614. The number of carbonyl (C=O) groups is 2. The van der Waals surface area contributed by atoms with Gasteiger partial charge in [0.1, 0.15) is 6.04 Å². The molecule has 2 rings (SSSR count). The monoisotopic (exact) mass is 426 g/mol. The Labute approximate surface area is 185 Å². The van der Waals surface area contributed by atoms with E-state index in [9.17, 15) is 9.59 Å². The smallest absolute Gasteiger partial charge is 0.242 e. The molecular formula is C25H34N2O2S. The van der Waals surface area contributed by atoms with E-state index >= 15 is 0 Å². The van der Waals surface area contributed by atoms with Gasteiger partial charge in [0.2, 0.25) is 11.8 Å². The van der Waals surface area contributed by atoms with Gasteiger partial charge in [-0.25, -0.2) is 0 Å². The van der Waals surface area contributed by atoms with E-state index in [0.717, 1.165) is 28.9 Å². The van der Waals surface area contributed by atoms with E-state index in [4.69, 9.17) is 0 Å². The second kappa shape index (κ2) is 12.4. The third-order valence-corrected chi connectivity index (χ3v) is 6.22. The number of hydrogen-bond donors (Lipinski definition) is 1. The zero-order valence-corrected chi connectivity index (χ0v) is 19.4. The molecule has 0 bridgehead atoms. The highest BCUT2D eigenvalue weighted by Gasteiger charge is 2.26. The Morgan fingerprint density at radius 1 is 1.07 bits per heavy atom. The van der Waals surface area contributed by atoms with Crippen molar-refractivity contribution < 1.29 is 9.59 Å². The lowest BCUT2D eigenvalue weighted by Crippen LogP contribution is -2.48. The second-order valence-corrected chi connectivity index (χ2v) is 8.85. The first-order valence-electron chi connectivity index (χ1n) is 10.7. The molecule has 0 fully saturated rings. The Morgan fingerprint density at radius 2 is 1.77 bits per heavy atom. The molecule has 30 heavy (non-hydrogen) atoms. The molecule has 0 spiro atoms. The average Bonchev–Trinajstić information content (AvgIpc) is 2.74. The second-order valence-electron chi connectivity index (χ2n) is 7.68. The molecule has 2 aromatic rings. The molecule has 0 heterocycles. The predicted octanol–water partition coefficient (Wildman–Crippen LogP) is 5.12. The van der Waals surface area contributed by atoms with Gasteiger partial charge in [0.15, 0.2) is 0 Å². The van der Waals surface area contributed by atoms with Crippen LogP contribution in [0.4, 0.5) is 0 Å². The van der Waals surface area contributed by atoms with Crippen LogP contribution in [-0.4, -0.2) is 35.1 Å². The number of thioether (sulfide) groups is 1. The maximum atomic E-state index is 13.1. The van der Waals surface area contributed by atoms with E-state index in [1.807, 2.05) is 38.1 Å². The number of amides is 2. The third kappa shape index (κ3) is 7.52. The van der Waals surface area contributed by atoms with Gasteiger partial charge in [-0.1, -0.05) is 55.3 Å². The number of unbranched alkanes of at least 4 members (excludes halogenated alkanes) is 1. The standard InChI is InChI=1S/C25H34N2O2S/c1-5-6-16-26-25(29)21(4)27(18-22-10-8-7-9-20(22)3)24(28)15-17-30-23-13-11-19(2)12-14-23/h7-14,21H,5-6,15-18H2,1-4H3,(H,26,29)/t21-/m0/s1. The SMILES string of the molecule is CCCCNC(=O)[C@H](C)N(Cc1ccccc1C)C(=O)CCSc1ccc(C)cc1. The zero-order chi connectivity index (χ0) is 21.9. The molecule has 2 amide bonds. The molecule has 0 unspecified atom stereocenters. The van der Waals surface area contributed by atoms with Crippen molar-refractivity contribution in [1.29, 1.82) is 0 Å². The third-order valence-electron chi connectivity index (χ3n) is 5.20. The Morgan fingerprint density at radius 3 is 2.43 bits per heavy atom. The first-order chi connectivity index (χ1) is 14.4. The Hall–Kier alpha value is -2.27. The molecule has 5 heteroatoms. The van der Waals surface area contributed by atoms with Crippen LogP contribution >= 0.6 is 11.8 Å². The van der Waals surface area contributed by atoms with Crippen molar-refractivity contribution in [2.24, 2.45) is 0 Å². The minimum Gasteiger partial charge on any atom is -0.354 e. The molecule has 0 aliphatic carbocycles. The van der Waals surface area contributed by atoms with E-state index in [0.29, 0.717) is 25.3 Å². The van der Waals surface area contributed by atoms with Gasteiger partial charge in [0, 0.05) is 30.2 Å². The number of aryl methyl sites for hydroxylation is 2. The highest BCUT2D eigenvalue weighted by atomic mass is 32.2. The van der Waals surface area contributed by atoms with Gasteiger partial charge in [-0.15, -0.1) is 11.8 Å². The van der Waals surface area contributed by atoms with Crippen LogP contribution in [0.15, 0.2) is 53.4 Å². The summed E-state index contributed by atoms with van der Waals surface area (Å²) in [7, 11) is 0. The van der Waals surface area contributed by atoms with Crippen LogP contribution in [0.1, 0.15) is 49.8 Å². The predicted molar refractivity (Wildman–Crippen MR) is 126 cm³/mol. The van der Waals surface area contributed by atoms with Crippen LogP contribution in [0, 0.1) is 13.8 Å². The summed E-state index contributed by atoms with van der Waals surface area (Å²) in [5.41, 5.74) is 3.43. The van der Waals surface area contributed by atoms with Crippen molar-refractivity contribution >= 4 is 23.6 Å². The van der Waals surface area contributed by atoms with Crippen LogP contribution in [-0.2, 0) is 16.1 Å². The molecule has 0 saturated heterocycles. The maximum Gasteiger partial charge on any atom is 0.242 e. The molecule has 0 aliphatic heterocycles. The molecule has 0 aromatic heterocycles. The minimum absolute atomic E-state index is 0.0102. The van der Waals surface area contributed by atoms with E-state index in [1.165, 1.54) is 5.56 Å². The first-order valence-corrected chi connectivity index (χ1v) is 11.7. The summed E-state index contributed by atoms with van der Waals surface area (Å²) in [6.07, 6.45) is 2.37. The van der Waals surface area contributed by atoms with Crippen molar-refractivity contribution in [2.45, 2.75) is 64.4 Å². The van der Waals surface area contributed by atoms with Gasteiger partial charge in [-0.2, -0.15) is 0 Å². The normalized spacial score (nSPS) is 11.7. The number of benzene rings is 2. The van der Waals surface area contributed by atoms with Crippen LogP contribution in [0.5, 0.6) is 0 Å². The van der Waals surface area contributed by atoms with Gasteiger partial charge in [-0.05, 0) is 50.5 Å². The van der Waals surface area contributed by atoms with Crippen molar-refractivity contribution in [3.8, 4) is 0 Å². The average molecular weight is 427 g/mol. The van der Waals surface area contributed by atoms with E-state index in [-0.39, 0.29) is 11.8 Å². The maximum absolute atomic E-state index is 13.1. The van der Waals surface area contributed by atoms with Crippen LogP contribution < -0.4 is 5.32 Å². The van der Waals surface area contributed by atoms with Crippen molar-refractivity contribution in [3.63, 3.8) is 0 Å². The highest BCUT2D eigenvalue weighted by molar-refractivity contribution is 7.99. The fraction of sp³-hybridized carbons (Fsp3) is 0.440. The molecule has 0 saturated carbocycles. The molecule has 162 valence electrons. The van der Waals surface area contributed by atoms with Crippen LogP contribution in [0.3, 0.4) is 0 Å². The largest absolute Gasteiger partial charge is 0.354 e. The highest BCUT2D eigenvalue weighted by Crippen LogP contribution is 2.21. The Bertz CT molecular complexity index is 820. The number of rotatable bonds is 11. The lowest BCUT2D eigenvalue weighted by molar-refractivity contribution is -0.140. The summed E-state index contributed by atoms with van der Waals surface area (Å²) in [6, 6.07) is 15.9. The quantitative estimate of drug-likeness (QED) is 0.401. The summed E-state index contributed by atoms with van der Waals surface area (Å²) in [5, 5.41) is 2.97. The van der Waals surface area contributed by atoms with Crippen molar-refractivity contribution in [1.82, 2.24) is 10.2 Å². The number of hydrogen-bond acceptors (Lipinski definition) is 3. The fourth-order valence-corrected chi connectivity index (χ4v) is 3.96. The molecule has 1 N–H and O–H groups in total. The topological polar surface area (TPSA) is 49.4 Å². The Balaban J connectivity index is 2.04. The van der Waals surface area contributed by atoms with Crippen LogP contribution in [0.25, 0.3) is 0 Å². The van der Waals surface area contributed by atoms with Gasteiger partial charge >= 0.3 is 0 Å². The zero-order valence-electron chi connectivity index (χ0n) is 18.6. The summed E-state index contributed by atoms with van der Waals surface area (Å²) in [4.78, 5) is 28.6.